The Kier molecular flexibility index (Phi) is 2.62. The normalized spacial score (nSPS) is 11.7. The summed E-state index contributed by atoms with van der Waals surface area (Å²) in [7, 11) is 0. The van der Waals surface area contributed by atoms with Gasteiger partial charge in [-0.1, -0.05) is 18.2 Å². The largest absolute Gasteiger partial charge is 0.384 e. The molecule has 1 aromatic rings. The smallest absolute Gasteiger partial charge is 0.0991 e. The lowest BCUT2D eigenvalue weighted by molar-refractivity contribution is 0.229. The van der Waals surface area contributed by atoms with Crippen molar-refractivity contribution in [2.75, 3.05) is 0 Å². The quantitative estimate of drug-likeness (QED) is 0.668. The van der Waals surface area contributed by atoms with Crippen LogP contribution in [0.1, 0.15) is 17.2 Å². The number of hydrogen-bond donors (Lipinski definition) is 1. The summed E-state index contributed by atoms with van der Waals surface area (Å²) in [4.78, 5) is 0. The van der Waals surface area contributed by atoms with Crippen LogP contribution >= 0.6 is 0 Å². The SMILES string of the molecule is C=CC(O)c1ccc(C#N)cc1. The minimum Gasteiger partial charge on any atom is -0.384 e. The van der Waals surface area contributed by atoms with Crippen LogP contribution in [0, 0.1) is 11.3 Å². The van der Waals surface area contributed by atoms with E-state index in [2.05, 4.69) is 6.58 Å². The van der Waals surface area contributed by atoms with Crippen LogP contribution in [0.2, 0.25) is 0 Å². The highest BCUT2D eigenvalue weighted by Crippen LogP contribution is 2.13. The first-order valence-electron chi connectivity index (χ1n) is 3.58. The fraction of sp³-hybridized carbons (Fsp3) is 0.100. The molecule has 2 nitrogen and oxygen atoms in total. The summed E-state index contributed by atoms with van der Waals surface area (Å²) in [6.07, 6.45) is 0.805. The van der Waals surface area contributed by atoms with Gasteiger partial charge in [0.1, 0.15) is 0 Å². The minimum absolute atomic E-state index is 0.593. The molecule has 1 unspecified atom stereocenters. The van der Waals surface area contributed by atoms with Gasteiger partial charge in [-0.05, 0) is 17.7 Å². The van der Waals surface area contributed by atoms with Crippen molar-refractivity contribution in [1.82, 2.24) is 0 Å². The molecule has 0 amide bonds. The third-order valence-electron chi connectivity index (χ3n) is 1.60. The highest BCUT2D eigenvalue weighted by molar-refractivity contribution is 5.33. The van der Waals surface area contributed by atoms with E-state index in [0.29, 0.717) is 5.56 Å². The lowest BCUT2D eigenvalue weighted by Gasteiger charge is -2.03. The van der Waals surface area contributed by atoms with Crippen molar-refractivity contribution in [3.8, 4) is 6.07 Å². The molecule has 0 aliphatic heterocycles. The predicted molar refractivity (Wildman–Crippen MR) is 46.3 cm³/mol. The van der Waals surface area contributed by atoms with Crippen LogP contribution in [-0.2, 0) is 0 Å². The fourth-order valence-electron chi connectivity index (χ4n) is 0.891. The summed E-state index contributed by atoms with van der Waals surface area (Å²) >= 11 is 0. The van der Waals surface area contributed by atoms with Crippen molar-refractivity contribution in [3.63, 3.8) is 0 Å². The van der Waals surface area contributed by atoms with Gasteiger partial charge in [0.25, 0.3) is 0 Å². The third-order valence-corrected chi connectivity index (χ3v) is 1.60. The Labute approximate surface area is 71.4 Å². The monoisotopic (exact) mass is 159 g/mol. The molecule has 0 aliphatic rings. The second kappa shape index (κ2) is 3.70. The number of hydrogen-bond acceptors (Lipinski definition) is 2. The van der Waals surface area contributed by atoms with E-state index in [0.717, 1.165) is 5.56 Å². The first kappa shape index (κ1) is 8.51. The van der Waals surface area contributed by atoms with Crippen LogP contribution in [0.3, 0.4) is 0 Å². The molecule has 0 spiro atoms. The topological polar surface area (TPSA) is 44.0 Å². The maximum Gasteiger partial charge on any atom is 0.0991 e. The molecule has 0 bridgehead atoms. The van der Waals surface area contributed by atoms with Gasteiger partial charge in [0.2, 0.25) is 0 Å². The average Bonchev–Trinajstić information content (AvgIpc) is 2.17. The van der Waals surface area contributed by atoms with E-state index in [4.69, 9.17) is 5.26 Å². The maximum atomic E-state index is 9.29. The summed E-state index contributed by atoms with van der Waals surface area (Å²) in [5, 5.41) is 17.8. The average molecular weight is 159 g/mol. The zero-order valence-electron chi connectivity index (χ0n) is 6.57. The number of nitriles is 1. The van der Waals surface area contributed by atoms with Gasteiger partial charge in [-0.25, -0.2) is 0 Å². The highest BCUT2D eigenvalue weighted by Gasteiger charge is 2.00. The molecular formula is C10H9NO. The van der Waals surface area contributed by atoms with Gasteiger partial charge in [-0.2, -0.15) is 5.26 Å². The molecule has 1 rings (SSSR count). The Hall–Kier alpha value is -1.59. The number of aliphatic hydroxyl groups excluding tert-OH is 1. The number of nitrogens with zero attached hydrogens (tertiary/aromatic N) is 1. The predicted octanol–water partition coefficient (Wildman–Crippen LogP) is 1.78. The summed E-state index contributed by atoms with van der Waals surface area (Å²) < 4.78 is 0. The van der Waals surface area contributed by atoms with E-state index in [1.165, 1.54) is 6.08 Å². The number of rotatable bonds is 2. The molecule has 0 fully saturated rings. The van der Waals surface area contributed by atoms with E-state index in [1.54, 1.807) is 24.3 Å². The summed E-state index contributed by atoms with van der Waals surface area (Å²) in [6, 6.07) is 8.77. The number of benzene rings is 1. The van der Waals surface area contributed by atoms with Crippen LogP contribution in [0.4, 0.5) is 0 Å². The van der Waals surface area contributed by atoms with Crippen LogP contribution in [-0.4, -0.2) is 5.11 Å². The number of aliphatic hydroxyl groups is 1. The van der Waals surface area contributed by atoms with E-state index >= 15 is 0 Å². The zero-order valence-corrected chi connectivity index (χ0v) is 6.57. The third kappa shape index (κ3) is 1.71. The lowest BCUT2D eigenvalue weighted by atomic mass is 10.1. The molecule has 0 heterocycles. The van der Waals surface area contributed by atoms with Gasteiger partial charge >= 0.3 is 0 Å². The summed E-state index contributed by atoms with van der Waals surface area (Å²) in [6.45, 7) is 3.46. The Morgan fingerprint density at radius 3 is 2.42 bits per heavy atom. The molecular weight excluding hydrogens is 150 g/mol. The van der Waals surface area contributed by atoms with Crippen molar-refractivity contribution in [2.24, 2.45) is 0 Å². The molecule has 0 saturated carbocycles. The van der Waals surface area contributed by atoms with Crippen molar-refractivity contribution in [1.29, 1.82) is 5.26 Å². The van der Waals surface area contributed by atoms with Gasteiger partial charge in [0.05, 0.1) is 17.7 Å². The molecule has 1 atom stereocenters. The van der Waals surface area contributed by atoms with Gasteiger partial charge in [-0.3, -0.25) is 0 Å². The first-order valence-corrected chi connectivity index (χ1v) is 3.58. The second-order valence-corrected chi connectivity index (χ2v) is 2.41. The van der Waals surface area contributed by atoms with E-state index in [1.807, 2.05) is 6.07 Å². The Balaban J connectivity index is 2.93. The van der Waals surface area contributed by atoms with Crippen LogP contribution < -0.4 is 0 Å². The zero-order chi connectivity index (χ0) is 8.97. The molecule has 0 saturated heterocycles. The van der Waals surface area contributed by atoms with Gasteiger partial charge in [0, 0.05) is 0 Å². The van der Waals surface area contributed by atoms with E-state index < -0.39 is 6.10 Å². The van der Waals surface area contributed by atoms with Crippen LogP contribution in [0.25, 0.3) is 0 Å². The fourth-order valence-corrected chi connectivity index (χ4v) is 0.891. The molecule has 0 aliphatic carbocycles. The van der Waals surface area contributed by atoms with Gasteiger partial charge in [0.15, 0.2) is 0 Å². The van der Waals surface area contributed by atoms with Crippen molar-refractivity contribution in [3.05, 3.63) is 48.0 Å². The van der Waals surface area contributed by atoms with Crippen molar-refractivity contribution in [2.45, 2.75) is 6.10 Å². The van der Waals surface area contributed by atoms with Crippen molar-refractivity contribution < 1.29 is 5.11 Å². The summed E-state index contributed by atoms with van der Waals surface area (Å²) in [5.41, 5.74) is 1.35. The molecule has 0 radical (unpaired) electrons. The van der Waals surface area contributed by atoms with Crippen LogP contribution in [0.15, 0.2) is 36.9 Å². The Morgan fingerprint density at radius 2 is 2.00 bits per heavy atom. The van der Waals surface area contributed by atoms with Gasteiger partial charge < -0.3 is 5.11 Å². The first-order chi connectivity index (χ1) is 5.77. The Bertz CT molecular complexity index is 308. The molecule has 12 heavy (non-hydrogen) atoms. The minimum atomic E-state index is -0.641. The summed E-state index contributed by atoms with van der Waals surface area (Å²) in [5.74, 6) is 0. The highest BCUT2D eigenvalue weighted by atomic mass is 16.3. The molecule has 0 aromatic heterocycles. The second-order valence-electron chi connectivity index (χ2n) is 2.41. The van der Waals surface area contributed by atoms with E-state index in [-0.39, 0.29) is 0 Å². The molecule has 1 N–H and O–H groups in total. The molecule has 1 aromatic carbocycles. The Morgan fingerprint density at radius 1 is 1.42 bits per heavy atom. The van der Waals surface area contributed by atoms with E-state index in [9.17, 15) is 5.11 Å². The van der Waals surface area contributed by atoms with Gasteiger partial charge in [-0.15, -0.1) is 6.58 Å². The van der Waals surface area contributed by atoms with Crippen LogP contribution in [0.5, 0.6) is 0 Å². The molecule has 2 heteroatoms. The molecule has 60 valence electrons. The lowest BCUT2D eigenvalue weighted by Crippen LogP contribution is -1.91. The maximum absolute atomic E-state index is 9.29. The standard InChI is InChI=1S/C10H9NO/c1-2-10(12)9-5-3-8(7-11)4-6-9/h2-6,10,12H,1H2. The van der Waals surface area contributed by atoms with Crippen molar-refractivity contribution >= 4 is 0 Å².